The summed E-state index contributed by atoms with van der Waals surface area (Å²) in [6.45, 7) is 2.48. The first-order valence-corrected chi connectivity index (χ1v) is 7.48. The number of aromatic nitrogens is 2. The molecule has 3 rings (SSSR count). The number of aryl methyl sites for hydroxylation is 1. The Morgan fingerprint density at radius 1 is 1.38 bits per heavy atom. The van der Waals surface area contributed by atoms with Gasteiger partial charge in [-0.3, -0.25) is 4.79 Å². The fourth-order valence-electron chi connectivity index (χ4n) is 2.64. The maximum atomic E-state index is 13.2. The molecule has 2 heterocycles. The van der Waals surface area contributed by atoms with Crippen molar-refractivity contribution >= 4 is 11.7 Å². The second kappa shape index (κ2) is 6.27. The van der Waals surface area contributed by atoms with E-state index in [9.17, 15) is 18.0 Å². The van der Waals surface area contributed by atoms with Crippen molar-refractivity contribution in [2.24, 2.45) is 5.92 Å². The van der Waals surface area contributed by atoms with Gasteiger partial charge >= 0.3 is 6.18 Å². The van der Waals surface area contributed by atoms with Crippen LogP contribution in [-0.4, -0.2) is 28.9 Å². The predicted octanol–water partition coefficient (Wildman–Crippen LogP) is 3.17. The summed E-state index contributed by atoms with van der Waals surface area (Å²) in [6, 6.07) is 6.67. The first kappa shape index (κ1) is 16.5. The number of hydrogen-bond acceptors (Lipinski definition) is 3. The summed E-state index contributed by atoms with van der Waals surface area (Å²) in [4.78, 5) is 12.2. The zero-order valence-electron chi connectivity index (χ0n) is 12.9. The van der Waals surface area contributed by atoms with Gasteiger partial charge in [-0.2, -0.15) is 18.3 Å². The minimum Gasteiger partial charge on any atom is -0.381 e. The zero-order valence-corrected chi connectivity index (χ0v) is 12.9. The van der Waals surface area contributed by atoms with Crippen molar-refractivity contribution in [3.8, 4) is 5.69 Å². The van der Waals surface area contributed by atoms with Crippen LogP contribution in [0, 0.1) is 12.8 Å². The molecular weight excluding hydrogens is 323 g/mol. The number of ether oxygens (including phenoxy) is 1. The van der Waals surface area contributed by atoms with Crippen molar-refractivity contribution in [1.82, 2.24) is 9.78 Å². The number of nitrogens with one attached hydrogen (secondary N) is 1. The average Bonchev–Trinajstić information content (AvgIpc) is 3.16. The molecule has 0 bridgehead atoms. The molecule has 0 aliphatic carbocycles. The van der Waals surface area contributed by atoms with Crippen LogP contribution in [0.5, 0.6) is 0 Å². The maximum Gasteiger partial charge on any atom is 0.418 e. The number of anilines is 1. The molecule has 1 aromatic heterocycles. The third-order valence-electron chi connectivity index (χ3n) is 3.82. The third-order valence-corrected chi connectivity index (χ3v) is 3.82. The second-order valence-corrected chi connectivity index (χ2v) is 5.65. The van der Waals surface area contributed by atoms with Gasteiger partial charge in [-0.1, -0.05) is 12.1 Å². The Bertz CT molecular complexity index is 749. The van der Waals surface area contributed by atoms with Gasteiger partial charge in [0, 0.05) is 12.7 Å². The number of halogens is 3. The number of para-hydroxylation sites is 1. The first-order valence-electron chi connectivity index (χ1n) is 7.48. The molecule has 1 aliphatic rings. The monoisotopic (exact) mass is 339 g/mol. The number of rotatable bonds is 3. The smallest absolute Gasteiger partial charge is 0.381 e. The molecule has 1 saturated heterocycles. The molecule has 1 fully saturated rings. The van der Waals surface area contributed by atoms with E-state index in [1.165, 1.54) is 18.2 Å². The summed E-state index contributed by atoms with van der Waals surface area (Å²) in [5.41, 5.74) is -0.436. The predicted molar refractivity (Wildman–Crippen MR) is 80.9 cm³/mol. The van der Waals surface area contributed by atoms with E-state index in [4.69, 9.17) is 4.74 Å². The molecule has 1 aliphatic heterocycles. The molecule has 1 atom stereocenters. The minimum atomic E-state index is -4.52. The Labute approximate surface area is 136 Å². The number of benzene rings is 1. The molecule has 0 radical (unpaired) electrons. The van der Waals surface area contributed by atoms with Crippen LogP contribution >= 0.6 is 0 Å². The standard InChI is InChI=1S/C16H16F3N3O2/c1-10-8-14(20-15(23)11-6-7-24-9-11)22(21-10)13-5-3-2-4-12(13)16(17,18)19/h2-5,8,11H,6-7,9H2,1H3,(H,20,23). The van der Waals surface area contributed by atoms with E-state index in [0.29, 0.717) is 25.3 Å². The molecule has 5 nitrogen and oxygen atoms in total. The van der Waals surface area contributed by atoms with Gasteiger partial charge in [0.05, 0.1) is 29.5 Å². The van der Waals surface area contributed by atoms with Crippen LogP contribution in [-0.2, 0) is 15.7 Å². The van der Waals surface area contributed by atoms with Crippen LogP contribution in [0.1, 0.15) is 17.7 Å². The molecule has 1 aromatic carbocycles. The summed E-state index contributed by atoms with van der Waals surface area (Å²) in [6.07, 6.45) is -3.92. The van der Waals surface area contributed by atoms with E-state index < -0.39 is 11.7 Å². The number of amides is 1. The molecular formula is C16H16F3N3O2. The van der Waals surface area contributed by atoms with Gasteiger partial charge in [-0.15, -0.1) is 0 Å². The molecule has 128 valence electrons. The largest absolute Gasteiger partial charge is 0.418 e. The summed E-state index contributed by atoms with van der Waals surface area (Å²) in [5.74, 6) is -0.370. The van der Waals surface area contributed by atoms with Crippen molar-refractivity contribution in [2.45, 2.75) is 19.5 Å². The van der Waals surface area contributed by atoms with Gasteiger partial charge in [0.15, 0.2) is 0 Å². The summed E-state index contributed by atoms with van der Waals surface area (Å²) in [7, 11) is 0. The van der Waals surface area contributed by atoms with Crippen molar-refractivity contribution in [3.05, 3.63) is 41.6 Å². The van der Waals surface area contributed by atoms with Crippen LogP contribution in [0.25, 0.3) is 5.69 Å². The molecule has 0 saturated carbocycles. The van der Waals surface area contributed by atoms with Crippen molar-refractivity contribution in [1.29, 1.82) is 0 Å². The van der Waals surface area contributed by atoms with E-state index in [1.54, 1.807) is 13.0 Å². The lowest BCUT2D eigenvalue weighted by molar-refractivity contribution is -0.137. The number of carbonyl (C=O) groups excluding carboxylic acids is 1. The zero-order chi connectivity index (χ0) is 17.3. The number of nitrogens with zero attached hydrogens (tertiary/aromatic N) is 2. The van der Waals surface area contributed by atoms with Crippen LogP contribution in [0.15, 0.2) is 30.3 Å². The van der Waals surface area contributed by atoms with E-state index >= 15 is 0 Å². The molecule has 1 amide bonds. The van der Waals surface area contributed by atoms with Gasteiger partial charge in [0.1, 0.15) is 5.82 Å². The lowest BCUT2D eigenvalue weighted by atomic mass is 10.1. The Kier molecular flexibility index (Phi) is 4.31. The minimum absolute atomic E-state index is 0.129. The van der Waals surface area contributed by atoms with E-state index in [0.717, 1.165) is 10.7 Å². The second-order valence-electron chi connectivity index (χ2n) is 5.65. The molecule has 1 unspecified atom stereocenters. The van der Waals surface area contributed by atoms with Crippen molar-refractivity contribution < 1.29 is 22.7 Å². The summed E-state index contributed by atoms with van der Waals surface area (Å²) in [5, 5.41) is 6.77. The van der Waals surface area contributed by atoms with Crippen molar-refractivity contribution in [3.63, 3.8) is 0 Å². The summed E-state index contributed by atoms with van der Waals surface area (Å²) >= 11 is 0. The van der Waals surface area contributed by atoms with Crippen LogP contribution < -0.4 is 5.32 Å². The first-order chi connectivity index (χ1) is 11.4. The quantitative estimate of drug-likeness (QED) is 0.934. The van der Waals surface area contributed by atoms with E-state index in [2.05, 4.69) is 10.4 Å². The SMILES string of the molecule is Cc1cc(NC(=O)C2CCOC2)n(-c2ccccc2C(F)(F)F)n1. The van der Waals surface area contributed by atoms with Crippen LogP contribution in [0.3, 0.4) is 0 Å². The Hall–Kier alpha value is -2.35. The highest BCUT2D eigenvalue weighted by Gasteiger charge is 2.34. The topological polar surface area (TPSA) is 56.1 Å². The van der Waals surface area contributed by atoms with Gasteiger partial charge in [0.2, 0.25) is 5.91 Å². The summed E-state index contributed by atoms with van der Waals surface area (Å²) < 4.78 is 46.0. The fourth-order valence-corrected chi connectivity index (χ4v) is 2.64. The highest BCUT2D eigenvalue weighted by molar-refractivity contribution is 5.92. The number of carbonyl (C=O) groups is 1. The van der Waals surface area contributed by atoms with Crippen molar-refractivity contribution in [2.75, 3.05) is 18.5 Å². The molecule has 1 N–H and O–H groups in total. The molecule has 2 aromatic rings. The molecule has 8 heteroatoms. The normalized spacial score (nSPS) is 17.9. The average molecular weight is 339 g/mol. The van der Waals surface area contributed by atoms with Gasteiger partial charge < -0.3 is 10.1 Å². The van der Waals surface area contributed by atoms with Crippen LogP contribution in [0.2, 0.25) is 0 Å². The third kappa shape index (κ3) is 3.28. The van der Waals surface area contributed by atoms with E-state index in [-0.39, 0.29) is 23.3 Å². The molecule has 24 heavy (non-hydrogen) atoms. The number of alkyl halides is 3. The molecule has 0 spiro atoms. The lowest BCUT2D eigenvalue weighted by Gasteiger charge is -2.15. The lowest BCUT2D eigenvalue weighted by Crippen LogP contribution is -2.24. The highest BCUT2D eigenvalue weighted by Crippen LogP contribution is 2.34. The Morgan fingerprint density at radius 3 is 2.79 bits per heavy atom. The van der Waals surface area contributed by atoms with Gasteiger partial charge in [0.25, 0.3) is 0 Å². The number of hydrogen-bond donors (Lipinski definition) is 1. The van der Waals surface area contributed by atoms with E-state index in [1.807, 2.05) is 0 Å². The fraction of sp³-hybridized carbons (Fsp3) is 0.375. The van der Waals surface area contributed by atoms with Crippen LogP contribution in [0.4, 0.5) is 19.0 Å². The Morgan fingerprint density at radius 2 is 2.12 bits per heavy atom. The highest BCUT2D eigenvalue weighted by atomic mass is 19.4. The maximum absolute atomic E-state index is 13.2. The van der Waals surface area contributed by atoms with Gasteiger partial charge in [-0.25, -0.2) is 4.68 Å². The Balaban J connectivity index is 1.97. The van der Waals surface area contributed by atoms with Gasteiger partial charge in [-0.05, 0) is 25.5 Å².